The third kappa shape index (κ3) is 2.51. The van der Waals surface area contributed by atoms with Gasteiger partial charge in [-0.15, -0.1) is 0 Å². The SMILES string of the molecule is CCOC1(c2noc(NC)n2)CCC(C)(C)CC1. The summed E-state index contributed by atoms with van der Waals surface area (Å²) in [5.41, 5.74) is 0.0268. The van der Waals surface area contributed by atoms with Crippen LogP contribution < -0.4 is 5.32 Å². The Kier molecular flexibility index (Phi) is 3.61. The number of ether oxygens (including phenoxy) is 1. The van der Waals surface area contributed by atoms with E-state index < -0.39 is 0 Å². The van der Waals surface area contributed by atoms with Gasteiger partial charge in [0.25, 0.3) is 0 Å². The predicted octanol–water partition coefficient (Wildman–Crippen LogP) is 2.94. The molecule has 0 amide bonds. The van der Waals surface area contributed by atoms with E-state index >= 15 is 0 Å². The number of hydrogen-bond acceptors (Lipinski definition) is 5. The normalized spacial score (nSPS) is 21.8. The molecule has 102 valence electrons. The molecule has 0 atom stereocenters. The molecule has 1 saturated carbocycles. The molecule has 0 aliphatic heterocycles. The maximum atomic E-state index is 5.99. The molecule has 1 aliphatic rings. The van der Waals surface area contributed by atoms with Crippen LogP contribution in [0.3, 0.4) is 0 Å². The number of rotatable bonds is 4. The number of aromatic nitrogens is 2. The van der Waals surface area contributed by atoms with Crippen LogP contribution in [0.4, 0.5) is 6.01 Å². The van der Waals surface area contributed by atoms with E-state index in [1.165, 1.54) is 0 Å². The van der Waals surface area contributed by atoms with E-state index in [0.717, 1.165) is 25.7 Å². The van der Waals surface area contributed by atoms with Crippen LogP contribution in [0.1, 0.15) is 52.3 Å². The molecule has 5 nitrogen and oxygen atoms in total. The second kappa shape index (κ2) is 4.88. The van der Waals surface area contributed by atoms with Crippen molar-refractivity contribution in [1.82, 2.24) is 10.1 Å². The number of nitrogens with zero attached hydrogens (tertiary/aromatic N) is 2. The first-order chi connectivity index (χ1) is 8.51. The molecule has 1 aromatic heterocycles. The molecule has 2 rings (SSSR count). The van der Waals surface area contributed by atoms with E-state index in [0.29, 0.717) is 23.9 Å². The highest BCUT2D eigenvalue weighted by Crippen LogP contribution is 2.46. The maximum absolute atomic E-state index is 5.99. The number of nitrogens with one attached hydrogen (secondary N) is 1. The van der Waals surface area contributed by atoms with E-state index in [1.807, 2.05) is 6.92 Å². The van der Waals surface area contributed by atoms with Gasteiger partial charge in [0.2, 0.25) is 5.82 Å². The standard InChI is InChI=1S/C13H23N3O2/c1-5-17-13(8-6-12(2,3)7-9-13)10-15-11(14-4)18-16-10/h5-9H2,1-4H3,(H,14,15,16). The van der Waals surface area contributed by atoms with Crippen molar-refractivity contribution in [2.75, 3.05) is 19.0 Å². The Morgan fingerprint density at radius 1 is 1.28 bits per heavy atom. The molecule has 0 spiro atoms. The predicted molar refractivity (Wildman–Crippen MR) is 69.4 cm³/mol. The highest BCUT2D eigenvalue weighted by molar-refractivity contribution is 5.19. The van der Waals surface area contributed by atoms with E-state index in [4.69, 9.17) is 9.26 Å². The Morgan fingerprint density at radius 2 is 1.94 bits per heavy atom. The fraction of sp³-hybridized carbons (Fsp3) is 0.846. The van der Waals surface area contributed by atoms with E-state index in [2.05, 4.69) is 29.3 Å². The summed E-state index contributed by atoms with van der Waals surface area (Å²) in [6.45, 7) is 7.29. The van der Waals surface area contributed by atoms with Gasteiger partial charge < -0.3 is 14.6 Å². The number of hydrogen-bond donors (Lipinski definition) is 1. The second-order valence-corrected chi connectivity index (χ2v) is 5.76. The smallest absolute Gasteiger partial charge is 0.321 e. The van der Waals surface area contributed by atoms with Gasteiger partial charge in [-0.1, -0.05) is 19.0 Å². The minimum atomic E-state index is -0.358. The van der Waals surface area contributed by atoms with Gasteiger partial charge in [0.05, 0.1) is 0 Å². The zero-order chi connectivity index (χ0) is 13.2. The largest absolute Gasteiger partial charge is 0.367 e. The van der Waals surface area contributed by atoms with E-state index in [9.17, 15) is 0 Å². The molecule has 0 bridgehead atoms. The second-order valence-electron chi connectivity index (χ2n) is 5.76. The lowest BCUT2D eigenvalue weighted by Gasteiger charge is -2.41. The van der Waals surface area contributed by atoms with Gasteiger partial charge in [0.1, 0.15) is 5.60 Å². The van der Waals surface area contributed by atoms with Crippen LogP contribution in [0, 0.1) is 5.41 Å². The van der Waals surface area contributed by atoms with Crippen LogP contribution in [0.25, 0.3) is 0 Å². The zero-order valence-electron chi connectivity index (χ0n) is 11.7. The summed E-state index contributed by atoms with van der Waals surface area (Å²) >= 11 is 0. The van der Waals surface area contributed by atoms with Crippen molar-refractivity contribution in [3.05, 3.63) is 5.82 Å². The van der Waals surface area contributed by atoms with Gasteiger partial charge in [-0.2, -0.15) is 4.98 Å². The van der Waals surface area contributed by atoms with E-state index in [1.54, 1.807) is 7.05 Å². The Labute approximate surface area is 108 Å². The summed E-state index contributed by atoms with van der Waals surface area (Å²) in [7, 11) is 1.77. The Morgan fingerprint density at radius 3 is 2.44 bits per heavy atom. The molecule has 1 aromatic rings. The highest BCUT2D eigenvalue weighted by Gasteiger charge is 2.43. The molecular formula is C13H23N3O2. The quantitative estimate of drug-likeness (QED) is 0.894. The van der Waals surface area contributed by atoms with Crippen molar-refractivity contribution >= 4 is 6.01 Å². The van der Waals surface area contributed by atoms with Gasteiger partial charge in [-0.05, 0) is 38.0 Å². The molecule has 1 aliphatic carbocycles. The van der Waals surface area contributed by atoms with Gasteiger partial charge in [-0.25, -0.2) is 0 Å². The lowest BCUT2D eigenvalue weighted by Crippen LogP contribution is -2.38. The van der Waals surface area contributed by atoms with Crippen LogP contribution in [0.15, 0.2) is 4.52 Å². The number of anilines is 1. The Bertz CT molecular complexity index is 391. The molecule has 0 saturated heterocycles. The zero-order valence-corrected chi connectivity index (χ0v) is 11.7. The Balaban J connectivity index is 2.22. The van der Waals surface area contributed by atoms with Crippen LogP contribution >= 0.6 is 0 Å². The molecule has 1 N–H and O–H groups in total. The summed E-state index contributed by atoms with van der Waals surface area (Å²) in [6, 6.07) is 0.453. The topological polar surface area (TPSA) is 60.2 Å². The first-order valence-electron chi connectivity index (χ1n) is 6.67. The van der Waals surface area contributed by atoms with Gasteiger partial charge >= 0.3 is 6.01 Å². The van der Waals surface area contributed by atoms with Gasteiger partial charge in [-0.3, -0.25) is 0 Å². The summed E-state index contributed by atoms with van der Waals surface area (Å²) in [5, 5.41) is 6.94. The van der Waals surface area contributed by atoms with Crippen LogP contribution in [0.5, 0.6) is 0 Å². The van der Waals surface area contributed by atoms with Crippen molar-refractivity contribution in [3.63, 3.8) is 0 Å². The van der Waals surface area contributed by atoms with E-state index in [-0.39, 0.29) is 5.60 Å². The minimum absolute atomic E-state index is 0.358. The van der Waals surface area contributed by atoms with Crippen molar-refractivity contribution in [2.45, 2.75) is 52.1 Å². The fourth-order valence-electron chi connectivity index (χ4n) is 2.55. The molecule has 0 aromatic carbocycles. The lowest BCUT2D eigenvalue weighted by atomic mass is 9.70. The molecule has 5 heteroatoms. The van der Waals surface area contributed by atoms with Crippen molar-refractivity contribution < 1.29 is 9.26 Å². The average Bonchev–Trinajstić information content (AvgIpc) is 2.82. The first kappa shape index (κ1) is 13.3. The summed E-state index contributed by atoms with van der Waals surface area (Å²) in [4.78, 5) is 4.38. The van der Waals surface area contributed by atoms with Crippen LogP contribution in [-0.4, -0.2) is 23.8 Å². The summed E-state index contributed by atoms with van der Waals surface area (Å²) in [5.74, 6) is 0.684. The van der Waals surface area contributed by atoms with Gasteiger partial charge in [0.15, 0.2) is 0 Å². The molecule has 1 fully saturated rings. The highest BCUT2D eigenvalue weighted by atomic mass is 16.5. The van der Waals surface area contributed by atoms with Crippen molar-refractivity contribution in [3.8, 4) is 0 Å². The molecule has 0 radical (unpaired) electrons. The lowest BCUT2D eigenvalue weighted by molar-refractivity contribution is -0.0957. The van der Waals surface area contributed by atoms with Gasteiger partial charge in [0, 0.05) is 13.7 Å². The van der Waals surface area contributed by atoms with Crippen molar-refractivity contribution in [2.24, 2.45) is 5.41 Å². The first-order valence-corrected chi connectivity index (χ1v) is 6.67. The summed E-state index contributed by atoms with van der Waals surface area (Å²) < 4.78 is 11.1. The molecular weight excluding hydrogens is 230 g/mol. The molecule has 0 unspecified atom stereocenters. The molecule has 1 heterocycles. The van der Waals surface area contributed by atoms with Crippen molar-refractivity contribution in [1.29, 1.82) is 0 Å². The average molecular weight is 253 g/mol. The van der Waals surface area contributed by atoms with Crippen LogP contribution in [-0.2, 0) is 10.3 Å². The monoisotopic (exact) mass is 253 g/mol. The maximum Gasteiger partial charge on any atom is 0.321 e. The minimum Gasteiger partial charge on any atom is -0.367 e. The third-order valence-electron chi connectivity index (χ3n) is 3.88. The summed E-state index contributed by atoms with van der Waals surface area (Å²) in [6.07, 6.45) is 4.15. The third-order valence-corrected chi connectivity index (χ3v) is 3.88. The molecule has 18 heavy (non-hydrogen) atoms. The fourth-order valence-corrected chi connectivity index (χ4v) is 2.55. The Hall–Kier alpha value is -1.10. The van der Waals surface area contributed by atoms with Crippen LogP contribution in [0.2, 0.25) is 0 Å².